The minimum absolute atomic E-state index is 0.0282. The minimum Gasteiger partial charge on any atom is -0.467 e. The number of carbonyl (C=O) groups is 2. The van der Waals surface area contributed by atoms with Crippen LogP contribution in [0.15, 0.2) is 91.0 Å². The Morgan fingerprint density at radius 3 is 1.81 bits per heavy atom. The number of hydrogen-bond acceptors (Lipinski definition) is 8. The van der Waals surface area contributed by atoms with Crippen LogP contribution < -0.4 is 0 Å². The summed E-state index contributed by atoms with van der Waals surface area (Å²) in [6, 6.07) is 29.3. The van der Waals surface area contributed by atoms with Gasteiger partial charge in [-0.15, -0.1) is 0 Å². The SMILES string of the molecule is COC(=O)[C@]1(CC(=O)OC(C)(C)C)C[C@@H](OCc2ccccc2)[C@H](OCc2ccccc2)[C@@H](COCc2ccccc2)O1. The van der Waals surface area contributed by atoms with Gasteiger partial charge in [0.15, 0.2) is 5.60 Å². The highest BCUT2D eigenvalue weighted by Crippen LogP contribution is 2.38. The number of esters is 2. The Morgan fingerprint density at radius 1 is 0.791 bits per heavy atom. The predicted molar refractivity (Wildman–Crippen MR) is 161 cm³/mol. The van der Waals surface area contributed by atoms with Gasteiger partial charge < -0.3 is 28.4 Å². The van der Waals surface area contributed by atoms with Crippen LogP contribution >= 0.6 is 0 Å². The van der Waals surface area contributed by atoms with Crippen LogP contribution in [0.2, 0.25) is 0 Å². The fourth-order valence-corrected chi connectivity index (χ4v) is 5.11. The first-order chi connectivity index (χ1) is 20.7. The van der Waals surface area contributed by atoms with Gasteiger partial charge in [-0.05, 0) is 37.5 Å². The number of methoxy groups -OCH3 is 1. The molecule has 4 atom stereocenters. The van der Waals surface area contributed by atoms with Gasteiger partial charge in [-0.3, -0.25) is 4.79 Å². The van der Waals surface area contributed by atoms with Crippen molar-refractivity contribution in [3.05, 3.63) is 108 Å². The molecule has 1 heterocycles. The van der Waals surface area contributed by atoms with Crippen LogP contribution in [0.4, 0.5) is 0 Å². The van der Waals surface area contributed by atoms with Crippen LogP contribution in [-0.2, 0) is 57.8 Å². The second-order valence-electron chi connectivity index (χ2n) is 11.7. The molecule has 1 aliphatic rings. The summed E-state index contributed by atoms with van der Waals surface area (Å²) >= 11 is 0. The van der Waals surface area contributed by atoms with E-state index in [4.69, 9.17) is 28.4 Å². The number of benzene rings is 3. The summed E-state index contributed by atoms with van der Waals surface area (Å²) in [7, 11) is 1.28. The Labute approximate surface area is 254 Å². The van der Waals surface area contributed by atoms with Gasteiger partial charge in [-0.1, -0.05) is 91.0 Å². The Morgan fingerprint density at radius 2 is 1.30 bits per heavy atom. The van der Waals surface area contributed by atoms with Crippen molar-refractivity contribution in [1.82, 2.24) is 0 Å². The highest BCUT2D eigenvalue weighted by atomic mass is 16.6. The Hall–Kier alpha value is -3.56. The van der Waals surface area contributed by atoms with Crippen LogP contribution in [0.5, 0.6) is 0 Å². The smallest absolute Gasteiger partial charge is 0.338 e. The molecule has 3 aromatic carbocycles. The Balaban J connectivity index is 1.64. The maximum absolute atomic E-state index is 13.4. The first-order valence-electron chi connectivity index (χ1n) is 14.6. The Bertz CT molecular complexity index is 1280. The second kappa shape index (κ2) is 15.3. The third-order valence-corrected chi connectivity index (χ3v) is 7.03. The van der Waals surface area contributed by atoms with Crippen molar-refractivity contribution in [2.45, 2.75) is 82.9 Å². The van der Waals surface area contributed by atoms with Crippen molar-refractivity contribution in [2.24, 2.45) is 0 Å². The van der Waals surface area contributed by atoms with Gasteiger partial charge in [0.1, 0.15) is 17.8 Å². The molecular formula is C35H42O8. The lowest BCUT2D eigenvalue weighted by atomic mass is 9.84. The average molecular weight is 591 g/mol. The van der Waals surface area contributed by atoms with Crippen molar-refractivity contribution in [2.75, 3.05) is 13.7 Å². The van der Waals surface area contributed by atoms with Crippen LogP contribution in [0.3, 0.4) is 0 Å². The lowest BCUT2D eigenvalue weighted by molar-refractivity contribution is -0.259. The molecule has 0 unspecified atom stereocenters. The lowest BCUT2D eigenvalue weighted by Crippen LogP contribution is -2.61. The van der Waals surface area contributed by atoms with Crippen molar-refractivity contribution in [1.29, 1.82) is 0 Å². The van der Waals surface area contributed by atoms with E-state index in [2.05, 4.69) is 0 Å². The molecule has 1 fully saturated rings. The predicted octanol–water partition coefficient (Wildman–Crippen LogP) is 5.81. The van der Waals surface area contributed by atoms with Crippen LogP contribution in [0, 0.1) is 0 Å². The molecule has 0 N–H and O–H groups in total. The van der Waals surface area contributed by atoms with Gasteiger partial charge in [0.05, 0.1) is 46.1 Å². The van der Waals surface area contributed by atoms with Crippen LogP contribution in [0.1, 0.15) is 50.3 Å². The molecule has 0 amide bonds. The molecule has 4 rings (SSSR count). The summed E-state index contributed by atoms with van der Waals surface area (Å²) in [5.74, 6) is -1.26. The zero-order chi connectivity index (χ0) is 30.7. The summed E-state index contributed by atoms with van der Waals surface area (Å²) < 4.78 is 36.4. The van der Waals surface area contributed by atoms with Crippen molar-refractivity contribution in [3.63, 3.8) is 0 Å². The van der Waals surface area contributed by atoms with Gasteiger partial charge in [-0.25, -0.2) is 4.79 Å². The zero-order valence-electron chi connectivity index (χ0n) is 25.4. The highest BCUT2D eigenvalue weighted by molar-refractivity contribution is 5.86. The van der Waals surface area contributed by atoms with Gasteiger partial charge >= 0.3 is 11.9 Å². The molecular weight excluding hydrogens is 548 g/mol. The molecule has 8 nitrogen and oxygen atoms in total. The molecule has 0 spiro atoms. The van der Waals surface area contributed by atoms with Gasteiger partial charge in [-0.2, -0.15) is 0 Å². The van der Waals surface area contributed by atoms with Crippen molar-refractivity contribution < 1.29 is 38.0 Å². The summed E-state index contributed by atoms with van der Waals surface area (Å²) in [4.78, 5) is 26.6. The quantitative estimate of drug-likeness (QED) is 0.231. The third kappa shape index (κ3) is 9.73. The molecule has 8 heteroatoms. The second-order valence-corrected chi connectivity index (χ2v) is 11.7. The van der Waals surface area contributed by atoms with E-state index >= 15 is 0 Å². The zero-order valence-corrected chi connectivity index (χ0v) is 25.4. The molecule has 1 aliphatic heterocycles. The van der Waals surface area contributed by atoms with Crippen molar-refractivity contribution in [3.8, 4) is 0 Å². The standard InChI is InChI=1S/C35H42O8/c1-34(2,3)43-31(36)21-35(33(37)38-4)20-29(40-23-27-16-10-6-11-17-27)32(41-24-28-18-12-7-13-19-28)30(42-35)25-39-22-26-14-8-5-9-15-26/h5-19,29-30,32H,20-25H2,1-4H3/t29-,30-,32+,35-/m1/s1. The molecule has 0 saturated carbocycles. The number of carbonyl (C=O) groups excluding carboxylic acids is 2. The molecule has 43 heavy (non-hydrogen) atoms. The van der Waals surface area contributed by atoms with E-state index < -0.39 is 41.5 Å². The summed E-state index contributed by atoms with van der Waals surface area (Å²) in [6.07, 6.45) is -2.33. The monoisotopic (exact) mass is 590 g/mol. The molecule has 0 radical (unpaired) electrons. The van der Waals surface area contributed by atoms with E-state index in [0.29, 0.717) is 13.2 Å². The number of rotatable bonds is 13. The number of ether oxygens (including phenoxy) is 6. The number of hydrogen-bond donors (Lipinski definition) is 0. The molecule has 0 aromatic heterocycles. The van der Waals surface area contributed by atoms with E-state index in [-0.39, 0.29) is 26.1 Å². The van der Waals surface area contributed by atoms with Crippen LogP contribution in [-0.4, -0.2) is 55.2 Å². The third-order valence-electron chi connectivity index (χ3n) is 7.03. The van der Waals surface area contributed by atoms with E-state index in [1.165, 1.54) is 7.11 Å². The van der Waals surface area contributed by atoms with E-state index in [9.17, 15) is 9.59 Å². The van der Waals surface area contributed by atoms with Gasteiger partial charge in [0, 0.05) is 6.42 Å². The van der Waals surface area contributed by atoms with Gasteiger partial charge in [0.25, 0.3) is 0 Å². The van der Waals surface area contributed by atoms with Gasteiger partial charge in [0.2, 0.25) is 0 Å². The average Bonchev–Trinajstić information content (AvgIpc) is 2.99. The largest absolute Gasteiger partial charge is 0.467 e. The van der Waals surface area contributed by atoms with E-state index in [0.717, 1.165) is 16.7 Å². The van der Waals surface area contributed by atoms with Crippen molar-refractivity contribution >= 4 is 11.9 Å². The summed E-state index contributed by atoms with van der Waals surface area (Å²) in [6.45, 7) is 6.32. The summed E-state index contributed by atoms with van der Waals surface area (Å²) in [5, 5.41) is 0. The topological polar surface area (TPSA) is 89.5 Å². The first-order valence-corrected chi connectivity index (χ1v) is 14.6. The summed E-state index contributed by atoms with van der Waals surface area (Å²) in [5.41, 5.74) is 0.526. The van der Waals surface area contributed by atoms with Crippen LogP contribution in [0.25, 0.3) is 0 Å². The highest BCUT2D eigenvalue weighted by Gasteiger charge is 2.55. The maximum Gasteiger partial charge on any atom is 0.338 e. The fourth-order valence-electron chi connectivity index (χ4n) is 5.11. The molecule has 1 saturated heterocycles. The molecule has 0 aliphatic carbocycles. The fraction of sp³-hybridized carbons (Fsp3) is 0.429. The maximum atomic E-state index is 13.4. The first kappa shape index (κ1) is 32.4. The Kier molecular flexibility index (Phi) is 11.5. The van der Waals surface area contributed by atoms with E-state index in [1.807, 2.05) is 91.0 Å². The van der Waals surface area contributed by atoms with E-state index in [1.54, 1.807) is 20.8 Å². The molecule has 0 bridgehead atoms. The molecule has 3 aromatic rings. The molecule has 230 valence electrons. The minimum atomic E-state index is -1.66. The lowest BCUT2D eigenvalue weighted by Gasteiger charge is -2.46. The normalized spacial score (nSPS) is 22.1.